The van der Waals surface area contributed by atoms with E-state index in [1.165, 1.54) is 10.6 Å². The number of nitrogen functional groups attached to an aromatic ring is 1. The highest BCUT2D eigenvalue weighted by Gasteiger charge is 2.63. The molecule has 12 heteroatoms. The number of hydrogen-bond acceptors (Lipinski definition) is 11. The zero-order valence-corrected chi connectivity index (χ0v) is 21.0. The standard InChI is InChI=1S/C24H31N5O7/c1-12(2)21(30)33-9-16-18(34-22(31)13(3)4)19(35-23(32)14(5)6)24(10-25,36-16)17-8-7-15-20(26)27-11-28-29(15)17/h7-8,11-14,16,18-19H,9H2,1-6H3,(H2,26,27,28)/t16-,18+,19+,24-/m0/s1/i7D. The molecule has 1 aliphatic rings. The van der Waals surface area contributed by atoms with Gasteiger partial charge in [0.05, 0.1) is 24.8 Å². The molecular weight excluding hydrogens is 470 g/mol. The van der Waals surface area contributed by atoms with Crippen LogP contribution in [-0.2, 0) is 38.9 Å². The van der Waals surface area contributed by atoms with Gasteiger partial charge in [0.25, 0.3) is 0 Å². The molecule has 3 rings (SSSR count). The summed E-state index contributed by atoms with van der Waals surface area (Å²) in [7, 11) is 0. The molecule has 12 nitrogen and oxygen atoms in total. The van der Waals surface area contributed by atoms with E-state index in [4.69, 9.17) is 26.1 Å². The van der Waals surface area contributed by atoms with Gasteiger partial charge in [-0.3, -0.25) is 14.4 Å². The Hall–Kier alpha value is -3.72. The zero-order chi connectivity index (χ0) is 27.7. The third-order valence-corrected chi connectivity index (χ3v) is 5.64. The fraction of sp³-hybridized carbons (Fsp3) is 0.583. The van der Waals surface area contributed by atoms with Gasteiger partial charge in [0.15, 0.2) is 18.0 Å². The maximum Gasteiger partial charge on any atom is 0.308 e. The molecule has 3 heterocycles. The van der Waals surface area contributed by atoms with Gasteiger partial charge >= 0.3 is 17.9 Å². The van der Waals surface area contributed by atoms with Gasteiger partial charge in [-0.25, -0.2) is 9.50 Å². The van der Waals surface area contributed by atoms with Gasteiger partial charge in [-0.2, -0.15) is 10.4 Å². The minimum atomic E-state index is -2.11. The number of carbonyl (C=O) groups excluding carboxylic acids is 3. The van der Waals surface area contributed by atoms with Crippen LogP contribution < -0.4 is 5.73 Å². The van der Waals surface area contributed by atoms with Crippen molar-refractivity contribution in [3.05, 3.63) is 24.1 Å². The van der Waals surface area contributed by atoms with Crippen molar-refractivity contribution in [1.82, 2.24) is 14.6 Å². The van der Waals surface area contributed by atoms with E-state index in [1.54, 1.807) is 41.5 Å². The summed E-state index contributed by atoms with van der Waals surface area (Å²) in [5, 5.41) is 14.6. The lowest BCUT2D eigenvalue weighted by atomic mass is 9.91. The summed E-state index contributed by atoms with van der Waals surface area (Å²) in [6, 6.07) is 3.24. The number of aromatic nitrogens is 3. The van der Waals surface area contributed by atoms with Crippen LogP contribution >= 0.6 is 0 Å². The minimum Gasteiger partial charge on any atom is -0.463 e. The molecule has 0 unspecified atom stereocenters. The Balaban J connectivity index is 2.20. The lowest BCUT2D eigenvalue weighted by molar-refractivity contribution is -0.174. The van der Waals surface area contributed by atoms with Crippen LogP contribution in [0.1, 0.15) is 48.6 Å². The fourth-order valence-corrected chi connectivity index (χ4v) is 3.58. The molecule has 0 amide bonds. The van der Waals surface area contributed by atoms with Crippen LogP contribution in [0.4, 0.5) is 5.82 Å². The van der Waals surface area contributed by atoms with Crippen molar-refractivity contribution in [3.63, 3.8) is 0 Å². The Bertz CT molecular complexity index is 1240. The maximum absolute atomic E-state index is 12.8. The molecule has 0 aromatic carbocycles. The number of nitriles is 1. The smallest absolute Gasteiger partial charge is 0.308 e. The van der Waals surface area contributed by atoms with Gasteiger partial charge in [-0.05, 0) is 12.1 Å². The number of nitrogens with zero attached hydrogens (tertiary/aromatic N) is 4. The predicted octanol–water partition coefficient (Wildman–Crippen LogP) is 1.76. The average molecular weight is 503 g/mol. The summed E-state index contributed by atoms with van der Waals surface area (Å²) >= 11 is 0. The van der Waals surface area contributed by atoms with Crippen molar-refractivity contribution in [1.29, 1.82) is 5.26 Å². The summed E-state index contributed by atoms with van der Waals surface area (Å²) in [6.45, 7) is 9.34. The number of ether oxygens (including phenoxy) is 4. The average Bonchev–Trinajstić information content (AvgIpc) is 3.33. The number of anilines is 1. The summed E-state index contributed by atoms with van der Waals surface area (Å²) in [6.07, 6.45) is -2.87. The Labute approximate surface area is 210 Å². The second-order valence-electron chi connectivity index (χ2n) is 9.44. The van der Waals surface area contributed by atoms with Crippen LogP contribution in [0.25, 0.3) is 5.52 Å². The molecule has 0 spiro atoms. The van der Waals surface area contributed by atoms with Crippen molar-refractivity contribution in [3.8, 4) is 6.07 Å². The van der Waals surface area contributed by atoms with Crippen molar-refractivity contribution in [2.45, 2.75) is 65.5 Å². The zero-order valence-electron chi connectivity index (χ0n) is 22.0. The fourth-order valence-electron chi connectivity index (χ4n) is 3.58. The molecule has 1 saturated heterocycles. The van der Waals surface area contributed by atoms with E-state index in [-0.39, 0.29) is 29.7 Å². The number of fused-ring (bicyclic) bond motifs is 1. The molecule has 2 N–H and O–H groups in total. The molecule has 194 valence electrons. The third-order valence-electron chi connectivity index (χ3n) is 5.64. The highest BCUT2D eigenvalue weighted by atomic mass is 16.7. The summed E-state index contributed by atoms with van der Waals surface area (Å²) in [5.74, 6) is -3.47. The molecule has 1 aliphatic heterocycles. The molecule has 1 fully saturated rings. The van der Waals surface area contributed by atoms with Crippen LogP contribution in [0, 0.1) is 29.1 Å². The van der Waals surface area contributed by atoms with Gasteiger partial charge in [-0.15, -0.1) is 0 Å². The van der Waals surface area contributed by atoms with Crippen molar-refractivity contribution < 1.29 is 34.7 Å². The summed E-state index contributed by atoms with van der Waals surface area (Å²) in [4.78, 5) is 41.6. The SMILES string of the molecule is [2H]c1cc([C@]2(C#N)O[C@@H](COC(=O)C(C)C)[C@@H](OC(=O)C(C)C)[C@H]2OC(=O)C(C)C)n2ncnc(N)c12. The number of rotatable bonds is 8. The largest absolute Gasteiger partial charge is 0.463 e. The predicted molar refractivity (Wildman–Crippen MR) is 125 cm³/mol. The normalized spacial score (nSPS) is 24.1. The molecule has 0 bridgehead atoms. The first-order valence-corrected chi connectivity index (χ1v) is 11.6. The van der Waals surface area contributed by atoms with E-state index in [0.717, 1.165) is 6.33 Å². The Morgan fingerprint density at radius 2 is 1.78 bits per heavy atom. The van der Waals surface area contributed by atoms with E-state index < -0.39 is 59.6 Å². The van der Waals surface area contributed by atoms with E-state index in [2.05, 4.69) is 10.1 Å². The molecule has 36 heavy (non-hydrogen) atoms. The number of nitrogens with two attached hydrogens (primary N) is 1. The maximum atomic E-state index is 12.8. The molecular formula is C24H31N5O7. The molecule has 0 saturated carbocycles. The van der Waals surface area contributed by atoms with E-state index in [9.17, 15) is 19.6 Å². The second-order valence-corrected chi connectivity index (χ2v) is 9.44. The van der Waals surface area contributed by atoms with Gasteiger partial charge < -0.3 is 24.7 Å². The Morgan fingerprint density at radius 3 is 2.36 bits per heavy atom. The first kappa shape index (κ1) is 25.4. The lowest BCUT2D eigenvalue weighted by Crippen LogP contribution is -2.47. The monoisotopic (exact) mass is 502 g/mol. The minimum absolute atomic E-state index is 0.00828. The van der Waals surface area contributed by atoms with Crippen LogP contribution in [-0.4, -0.2) is 57.4 Å². The number of carbonyl (C=O) groups is 3. The molecule has 4 atom stereocenters. The van der Waals surface area contributed by atoms with Gasteiger partial charge in [0.2, 0.25) is 5.60 Å². The molecule has 0 aliphatic carbocycles. The molecule has 2 aromatic heterocycles. The van der Waals surface area contributed by atoms with Crippen molar-refractivity contribution >= 4 is 29.2 Å². The van der Waals surface area contributed by atoms with Crippen LogP contribution in [0.5, 0.6) is 0 Å². The van der Waals surface area contributed by atoms with Crippen molar-refractivity contribution in [2.75, 3.05) is 12.3 Å². The van der Waals surface area contributed by atoms with Crippen LogP contribution in [0.15, 0.2) is 18.4 Å². The van der Waals surface area contributed by atoms with Gasteiger partial charge in [-0.1, -0.05) is 41.5 Å². The molecule has 0 radical (unpaired) electrons. The van der Waals surface area contributed by atoms with Gasteiger partial charge in [0.1, 0.15) is 30.6 Å². The Morgan fingerprint density at radius 1 is 1.17 bits per heavy atom. The van der Waals surface area contributed by atoms with Crippen LogP contribution in [0.2, 0.25) is 0 Å². The highest BCUT2D eigenvalue weighted by molar-refractivity contribution is 5.74. The topological polar surface area (TPSA) is 168 Å². The van der Waals surface area contributed by atoms with E-state index >= 15 is 0 Å². The van der Waals surface area contributed by atoms with E-state index in [0.29, 0.717) is 0 Å². The lowest BCUT2D eigenvalue weighted by Gasteiger charge is -2.29. The number of esters is 3. The highest BCUT2D eigenvalue weighted by Crippen LogP contribution is 2.44. The first-order valence-electron chi connectivity index (χ1n) is 12.1. The summed E-state index contributed by atoms with van der Waals surface area (Å²) < 4.78 is 32.5. The Kier molecular flexibility index (Phi) is 7.40. The van der Waals surface area contributed by atoms with E-state index in [1.807, 2.05) is 6.07 Å². The number of hydrogen-bond donors (Lipinski definition) is 1. The second kappa shape index (κ2) is 10.5. The van der Waals surface area contributed by atoms with Crippen molar-refractivity contribution in [2.24, 2.45) is 17.8 Å². The summed E-state index contributed by atoms with van der Waals surface area (Å²) in [5.41, 5.74) is 3.95. The molecule has 2 aromatic rings. The first-order chi connectivity index (χ1) is 17.3. The quantitative estimate of drug-likeness (QED) is 0.412. The van der Waals surface area contributed by atoms with Crippen LogP contribution in [0.3, 0.4) is 0 Å². The van der Waals surface area contributed by atoms with Gasteiger partial charge in [0, 0.05) is 0 Å². The third kappa shape index (κ3) is 4.97.